The zero-order chi connectivity index (χ0) is 21.0. The van der Waals surface area contributed by atoms with Crippen molar-refractivity contribution < 1.29 is 18.8 Å². The van der Waals surface area contributed by atoms with Gasteiger partial charge in [-0.05, 0) is 61.4 Å². The number of nitrogens with zero attached hydrogens (tertiary/aromatic N) is 2. The van der Waals surface area contributed by atoms with Crippen molar-refractivity contribution in [2.45, 2.75) is 26.7 Å². The molecule has 29 heavy (non-hydrogen) atoms. The summed E-state index contributed by atoms with van der Waals surface area (Å²) in [4.78, 5) is 36.8. The van der Waals surface area contributed by atoms with Gasteiger partial charge in [0.05, 0.1) is 0 Å². The highest BCUT2D eigenvalue weighted by atomic mass is 19.1. The van der Waals surface area contributed by atoms with Crippen molar-refractivity contribution in [2.24, 2.45) is 5.10 Å². The van der Waals surface area contributed by atoms with Crippen LogP contribution in [0.15, 0.2) is 47.6 Å². The lowest BCUT2D eigenvalue weighted by molar-refractivity contribution is -0.135. The van der Waals surface area contributed by atoms with Crippen LogP contribution in [0, 0.1) is 19.7 Å². The molecule has 0 spiro atoms. The van der Waals surface area contributed by atoms with Gasteiger partial charge in [-0.3, -0.25) is 14.4 Å². The predicted molar refractivity (Wildman–Crippen MR) is 108 cm³/mol. The Kier molecular flexibility index (Phi) is 6.01. The zero-order valence-electron chi connectivity index (χ0n) is 16.2. The second kappa shape index (κ2) is 8.64. The minimum absolute atomic E-state index is 0.0759. The summed E-state index contributed by atoms with van der Waals surface area (Å²) >= 11 is 0. The van der Waals surface area contributed by atoms with Crippen LogP contribution in [0.1, 0.15) is 24.0 Å². The van der Waals surface area contributed by atoms with Gasteiger partial charge >= 0.3 is 0 Å². The molecule has 2 N–H and O–H groups in total. The molecule has 3 amide bonds. The molecule has 1 aliphatic heterocycles. The van der Waals surface area contributed by atoms with Gasteiger partial charge in [0, 0.05) is 24.2 Å². The molecule has 3 rings (SSSR count). The number of amides is 3. The Labute approximate surface area is 167 Å². The molecular formula is C21H21FN4O3. The molecule has 0 radical (unpaired) electrons. The second-order valence-corrected chi connectivity index (χ2v) is 6.88. The van der Waals surface area contributed by atoms with E-state index in [2.05, 4.69) is 15.7 Å². The van der Waals surface area contributed by atoms with Crippen molar-refractivity contribution in [1.29, 1.82) is 0 Å². The van der Waals surface area contributed by atoms with Gasteiger partial charge in [-0.2, -0.15) is 5.10 Å². The smallest absolute Gasteiger partial charge is 0.271 e. The van der Waals surface area contributed by atoms with Crippen molar-refractivity contribution in [3.63, 3.8) is 0 Å². The maximum Gasteiger partial charge on any atom is 0.271 e. The van der Waals surface area contributed by atoms with Crippen molar-refractivity contribution in [3.8, 4) is 0 Å². The number of carbonyl (C=O) groups is 3. The number of rotatable bonds is 5. The standard InChI is InChI=1S/C21H21FN4O3/c1-13-9-14(2)11-17(10-13)23-19(27)12-26-20(28)8-7-18(25-26)21(29)24-16-5-3-15(22)4-6-16/h3-6,9-11H,7-8,12H2,1-2H3,(H,23,27)(H,24,29). The van der Waals surface area contributed by atoms with Crippen LogP contribution < -0.4 is 10.6 Å². The minimum Gasteiger partial charge on any atom is -0.324 e. The Morgan fingerprint density at radius 1 is 1.00 bits per heavy atom. The first-order valence-electron chi connectivity index (χ1n) is 9.13. The molecule has 0 aliphatic carbocycles. The van der Waals surface area contributed by atoms with E-state index in [9.17, 15) is 18.8 Å². The van der Waals surface area contributed by atoms with E-state index in [-0.39, 0.29) is 31.0 Å². The van der Waals surface area contributed by atoms with Crippen molar-refractivity contribution in [2.75, 3.05) is 17.2 Å². The van der Waals surface area contributed by atoms with Crippen LogP contribution >= 0.6 is 0 Å². The second-order valence-electron chi connectivity index (χ2n) is 6.88. The maximum absolute atomic E-state index is 13.0. The van der Waals surface area contributed by atoms with Crippen LogP contribution in [0.2, 0.25) is 0 Å². The number of halogens is 1. The molecule has 1 aliphatic rings. The Morgan fingerprint density at radius 3 is 2.31 bits per heavy atom. The SMILES string of the molecule is Cc1cc(C)cc(NC(=O)CN2N=C(C(=O)Nc3ccc(F)cc3)CCC2=O)c1. The highest BCUT2D eigenvalue weighted by molar-refractivity contribution is 6.43. The monoisotopic (exact) mass is 396 g/mol. The van der Waals surface area contributed by atoms with Crippen LogP contribution in [0.25, 0.3) is 0 Å². The highest BCUT2D eigenvalue weighted by Crippen LogP contribution is 2.15. The third-order valence-electron chi connectivity index (χ3n) is 4.27. The quantitative estimate of drug-likeness (QED) is 0.814. The first-order chi connectivity index (χ1) is 13.8. The molecule has 0 bridgehead atoms. The maximum atomic E-state index is 13.0. The zero-order valence-corrected chi connectivity index (χ0v) is 16.2. The van der Waals surface area contributed by atoms with Crippen LogP contribution in [0.3, 0.4) is 0 Å². The first kappa shape index (κ1) is 20.2. The molecule has 0 saturated heterocycles. The fourth-order valence-electron chi connectivity index (χ4n) is 3.01. The Bertz CT molecular complexity index is 966. The lowest BCUT2D eigenvalue weighted by atomic mass is 10.1. The molecule has 0 aromatic heterocycles. The van der Waals surface area contributed by atoms with Crippen LogP contribution in [-0.2, 0) is 14.4 Å². The Balaban J connectivity index is 1.66. The summed E-state index contributed by atoms with van der Waals surface area (Å²) in [5.41, 5.74) is 3.19. The number of hydrogen-bond donors (Lipinski definition) is 2. The number of carbonyl (C=O) groups excluding carboxylic acids is 3. The van der Waals surface area contributed by atoms with Crippen molar-refractivity contribution >= 4 is 34.8 Å². The van der Waals surface area contributed by atoms with Crippen molar-refractivity contribution in [3.05, 3.63) is 59.4 Å². The average Bonchev–Trinajstić information content (AvgIpc) is 2.64. The molecule has 2 aromatic rings. The van der Waals surface area contributed by atoms with Gasteiger partial charge in [-0.15, -0.1) is 0 Å². The highest BCUT2D eigenvalue weighted by Gasteiger charge is 2.26. The molecule has 8 heteroatoms. The Hall–Kier alpha value is -3.55. The van der Waals surface area contributed by atoms with E-state index >= 15 is 0 Å². The van der Waals surface area contributed by atoms with E-state index in [1.165, 1.54) is 24.3 Å². The van der Waals surface area contributed by atoms with Gasteiger partial charge in [0.1, 0.15) is 18.1 Å². The Morgan fingerprint density at radius 2 is 1.66 bits per heavy atom. The van der Waals surface area contributed by atoms with Crippen LogP contribution in [0.4, 0.5) is 15.8 Å². The first-order valence-corrected chi connectivity index (χ1v) is 9.13. The van der Waals surface area contributed by atoms with Crippen molar-refractivity contribution in [1.82, 2.24) is 5.01 Å². The van der Waals surface area contributed by atoms with E-state index < -0.39 is 17.6 Å². The topological polar surface area (TPSA) is 90.9 Å². The molecule has 1 heterocycles. The predicted octanol–water partition coefficient (Wildman–Crippen LogP) is 3.00. The summed E-state index contributed by atoms with van der Waals surface area (Å²) in [6.45, 7) is 3.55. The fraction of sp³-hybridized carbons (Fsp3) is 0.238. The largest absolute Gasteiger partial charge is 0.324 e. The van der Waals surface area contributed by atoms with E-state index in [0.29, 0.717) is 11.4 Å². The lowest BCUT2D eigenvalue weighted by Crippen LogP contribution is -2.40. The van der Waals surface area contributed by atoms with E-state index in [1.807, 2.05) is 32.0 Å². The normalized spacial score (nSPS) is 13.7. The summed E-state index contributed by atoms with van der Waals surface area (Å²) in [6.07, 6.45) is 0.244. The third kappa shape index (κ3) is 5.47. The number of nitrogens with one attached hydrogen (secondary N) is 2. The van der Waals surface area contributed by atoms with Crippen LogP contribution in [0.5, 0.6) is 0 Å². The number of benzene rings is 2. The summed E-state index contributed by atoms with van der Waals surface area (Å²) in [6, 6.07) is 11.0. The lowest BCUT2D eigenvalue weighted by Gasteiger charge is -2.22. The summed E-state index contributed by atoms with van der Waals surface area (Å²) in [7, 11) is 0. The number of hydrazone groups is 1. The summed E-state index contributed by atoms with van der Waals surface area (Å²) < 4.78 is 13.0. The number of anilines is 2. The van der Waals surface area contributed by atoms with Gasteiger partial charge in [0.15, 0.2) is 0 Å². The molecule has 0 saturated carbocycles. The number of hydrogen-bond acceptors (Lipinski definition) is 4. The summed E-state index contributed by atoms with van der Waals surface area (Å²) in [5.74, 6) is -1.65. The van der Waals surface area contributed by atoms with E-state index in [1.54, 1.807) is 0 Å². The fourth-order valence-corrected chi connectivity index (χ4v) is 3.01. The van der Waals surface area contributed by atoms with Gasteiger partial charge in [0.2, 0.25) is 11.8 Å². The van der Waals surface area contributed by atoms with E-state index in [0.717, 1.165) is 16.1 Å². The van der Waals surface area contributed by atoms with Gasteiger partial charge in [-0.25, -0.2) is 9.40 Å². The molecule has 7 nitrogen and oxygen atoms in total. The van der Waals surface area contributed by atoms with Gasteiger partial charge in [-0.1, -0.05) is 6.07 Å². The average molecular weight is 396 g/mol. The molecule has 0 fully saturated rings. The molecule has 2 aromatic carbocycles. The van der Waals surface area contributed by atoms with Crippen LogP contribution in [-0.4, -0.2) is 35.0 Å². The minimum atomic E-state index is -0.496. The third-order valence-corrected chi connectivity index (χ3v) is 4.27. The summed E-state index contributed by atoms with van der Waals surface area (Å²) in [5, 5.41) is 10.4. The molecule has 0 atom stereocenters. The molecule has 0 unspecified atom stereocenters. The van der Waals surface area contributed by atoms with Gasteiger partial charge < -0.3 is 10.6 Å². The molecular weight excluding hydrogens is 375 g/mol. The van der Waals surface area contributed by atoms with Gasteiger partial charge in [0.25, 0.3) is 5.91 Å². The van der Waals surface area contributed by atoms with E-state index in [4.69, 9.17) is 0 Å². The number of aryl methyl sites for hydroxylation is 2. The molecule has 150 valence electrons.